The molecule has 1 aliphatic rings. The zero-order valence-electron chi connectivity index (χ0n) is 18.8. The van der Waals surface area contributed by atoms with Gasteiger partial charge in [-0.3, -0.25) is 14.5 Å². The van der Waals surface area contributed by atoms with Crippen molar-refractivity contribution in [3.63, 3.8) is 0 Å². The minimum Gasteiger partial charge on any atom is -0.503 e. The standard InChI is InChI=1S/C28H23NO5/c1-3-33-21-13-11-18(12-14-21)25-24(26(30)23-16-19-8-4-5-10-22(19)34-23)27(31)28(32)29(25)20-9-6-7-17(2)15-20/h4-16,25,31H,3H2,1-2H3. The van der Waals surface area contributed by atoms with Crippen LogP contribution < -0.4 is 9.64 Å². The molecule has 170 valence electrons. The Bertz CT molecular complexity index is 1400. The first-order valence-corrected chi connectivity index (χ1v) is 11.1. The van der Waals surface area contributed by atoms with Gasteiger partial charge in [0.15, 0.2) is 11.5 Å². The zero-order valence-corrected chi connectivity index (χ0v) is 18.8. The molecule has 4 aromatic rings. The molecule has 1 aliphatic heterocycles. The number of carbonyl (C=O) groups is 2. The normalized spacial score (nSPS) is 15.9. The van der Waals surface area contributed by atoms with Crippen molar-refractivity contribution in [2.24, 2.45) is 0 Å². The highest BCUT2D eigenvalue weighted by Crippen LogP contribution is 2.42. The Morgan fingerprint density at radius 2 is 1.79 bits per heavy atom. The van der Waals surface area contributed by atoms with Gasteiger partial charge >= 0.3 is 0 Å². The van der Waals surface area contributed by atoms with Crippen LogP contribution in [0.2, 0.25) is 0 Å². The van der Waals surface area contributed by atoms with E-state index < -0.39 is 23.5 Å². The van der Waals surface area contributed by atoms with Gasteiger partial charge in [-0.2, -0.15) is 0 Å². The Labute approximate surface area is 196 Å². The molecule has 0 saturated heterocycles. The molecule has 1 N–H and O–H groups in total. The molecule has 34 heavy (non-hydrogen) atoms. The first-order chi connectivity index (χ1) is 16.5. The quantitative estimate of drug-likeness (QED) is 0.367. The van der Waals surface area contributed by atoms with Gasteiger partial charge in [-0.05, 0) is 61.4 Å². The summed E-state index contributed by atoms with van der Waals surface area (Å²) in [6.07, 6.45) is 0. The monoisotopic (exact) mass is 453 g/mol. The molecule has 5 rings (SSSR count). The maximum atomic E-state index is 13.7. The lowest BCUT2D eigenvalue weighted by Gasteiger charge is -2.27. The molecular weight excluding hydrogens is 430 g/mol. The summed E-state index contributed by atoms with van der Waals surface area (Å²) in [6, 6.07) is 22.7. The first kappa shape index (κ1) is 21.5. The first-order valence-electron chi connectivity index (χ1n) is 11.1. The van der Waals surface area contributed by atoms with E-state index in [-0.39, 0.29) is 11.3 Å². The molecule has 0 bridgehead atoms. The van der Waals surface area contributed by atoms with Crippen LogP contribution >= 0.6 is 0 Å². The predicted molar refractivity (Wildman–Crippen MR) is 129 cm³/mol. The summed E-state index contributed by atoms with van der Waals surface area (Å²) in [5, 5.41) is 11.7. The van der Waals surface area contributed by atoms with Crippen LogP contribution in [-0.2, 0) is 4.79 Å². The van der Waals surface area contributed by atoms with Crippen LogP contribution in [0.1, 0.15) is 34.6 Å². The molecule has 1 aromatic heterocycles. The number of furan rings is 1. The third kappa shape index (κ3) is 3.63. The van der Waals surface area contributed by atoms with Crippen molar-refractivity contribution in [1.82, 2.24) is 0 Å². The molecule has 1 atom stereocenters. The van der Waals surface area contributed by atoms with Crippen molar-refractivity contribution in [3.05, 3.63) is 107 Å². The van der Waals surface area contributed by atoms with Crippen molar-refractivity contribution in [2.45, 2.75) is 19.9 Å². The lowest BCUT2D eigenvalue weighted by atomic mass is 9.94. The minimum atomic E-state index is -0.828. The summed E-state index contributed by atoms with van der Waals surface area (Å²) >= 11 is 0. The Morgan fingerprint density at radius 1 is 1.03 bits per heavy atom. The number of benzene rings is 3. The van der Waals surface area contributed by atoms with Crippen molar-refractivity contribution in [2.75, 3.05) is 11.5 Å². The highest BCUT2D eigenvalue weighted by molar-refractivity contribution is 6.20. The van der Waals surface area contributed by atoms with E-state index >= 15 is 0 Å². The van der Waals surface area contributed by atoms with Crippen LogP contribution in [-0.4, -0.2) is 23.4 Å². The molecule has 3 aromatic carbocycles. The number of carbonyl (C=O) groups excluding carboxylic acids is 2. The number of para-hydroxylation sites is 1. The second-order valence-electron chi connectivity index (χ2n) is 8.16. The Morgan fingerprint density at radius 3 is 2.50 bits per heavy atom. The van der Waals surface area contributed by atoms with Crippen LogP contribution in [0.25, 0.3) is 11.0 Å². The number of ether oxygens (including phenoxy) is 1. The van der Waals surface area contributed by atoms with Gasteiger partial charge in [0.05, 0.1) is 18.2 Å². The molecule has 1 amide bonds. The lowest BCUT2D eigenvalue weighted by Crippen LogP contribution is -2.31. The van der Waals surface area contributed by atoms with Gasteiger partial charge in [0.25, 0.3) is 5.91 Å². The molecule has 6 heteroatoms. The highest BCUT2D eigenvalue weighted by atomic mass is 16.5. The Hall–Kier alpha value is -4.32. The van der Waals surface area contributed by atoms with E-state index in [2.05, 4.69) is 0 Å². The largest absolute Gasteiger partial charge is 0.503 e. The number of Topliss-reactive ketones (excluding diaryl/α,β-unsaturated/α-hetero) is 1. The number of fused-ring (bicyclic) bond motifs is 1. The van der Waals surface area contributed by atoms with E-state index in [0.717, 1.165) is 10.9 Å². The fraction of sp³-hybridized carbons (Fsp3) is 0.143. The lowest BCUT2D eigenvalue weighted by molar-refractivity contribution is -0.117. The van der Waals surface area contributed by atoms with Crippen molar-refractivity contribution >= 4 is 28.3 Å². The molecule has 0 saturated carbocycles. The molecule has 0 spiro atoms. The fourth-order valence-corrected chi connectivity index (χ4v) is 4.34. The van der Waals surface area contributed by atoms with Crippen LogP contribution in [0.15, 0.2) is 94.6 Å². The van der Waals surface area contributed by atoms with Gasteiger partial charge in [-0.15, -0.1) is 0 Å². The molecular formula is C28H23NO5. The number of hydrogen-bond acceptors (Lipinski definition) is 5. The van der Waals surface area contributed by atoms with Crippen LogP contribution in [0.4, 0.5) is 5.69 Å². The zero-order chi connectivity index (χ0) is 23.8. The molecule has 0 aliphatic carbocycles. The van der Waals surface area contributed by atoms with Gasteiger partial charge in [-0.1, -0.05) is 42.5 Å². The molecule has 0 fully saturated rings. The summed E-state index contributed by atoms with van der Waals surface area (Å²) in [6.45, 7) is 4.34. The van der Waals surface area contributed by atoms with E-state index in [0.29, 0.717) is 29.2 Å². The van der Waals surface area contributed by atoms with E-state index in [1.807, 2.05) is 50.2 Å². The van der Waals surface area contributed by atoms with Gasteiger partial charge in [-0.25, -0.2) is 0 Å². The second kappa shape index (κ2) is 8.56. The summed E-state index contributed by atoms with van der Waals surface area (Å²) in [5.74, 6) is -1.00. The molecule has 1 unspecified atom stereocenters. The van der Waals surface area contributed by atoms with Crippen molar-refractivity contribution in [1.29, 1.82) is 0 Å². The Kier molecular flexibility index (Phi) is 5.42. The number of aliphatic hydroxyl groups excluding tert-OH is 1. The second-order valence-corrected chi connectivity index (χ2v) is 8.16. The number of aryl methyl sites for hydroxylation is 1. The van der Waals surface area contributed by atoms with Crippen LogP contribution in [0, 0.1) is 6.92 Å². The number of ketones is 1. The van der Waals surface area contributed by atoms with E-state index in [9.17, 15) is 14.7 Å². The third-order valence-corrected chi connectivity index (χ3v) is 5.89. The Balaban J connectivity index is 1.64. The smallest absolute Gasteiger partial charge is 0.294 e. The summed E-state index contributed by atoms with van der Waals surface area (Å²) in [5.41, 5.74) is 2.75. The summed E-state index contributed by atoms with van der Waals surface area (Å²) in [7, 11) is 0. The molecule has 6 nitrogen and oxygen atoms in total. The minimum absolute atomic E-state index is 0.0188. The highest BCUT2D eigenvalue weighted by Gasteiger charge is 2.45. The van der Waals surface area contributed by atoms with Gasteiger partial charge in [0, 0.05) is 11.1 Å². The SMILES string of the molecule is CCOc1ccc(C2C(C(=O)c3cc4ccccc4o3)=C(O)C(=O)N2c2cccc(C)c2)cc1. The fourth-order valence-electron chi connectivity index (χ4n) is 4.34. The van der Waals surface area contributed by atoms with Gasteiger partial charge in [0.2, 0.25) is 5.78 Å². The topological polar surface area (TPSA) is 80.0 Å². The third-order valence-electron chi connectivity index (χ3n) is 5.89. The predicted octanol–water partition coefficient (Wildman–Crippen LogP) is 5.92. The van der Waals surface area contributed by atoms with Crippen molar-refractivity contribution in [3.8, 4) is 5.75 Å². The number of anilines is 1. The maximum absolute atomic E-state index is 13.7. The van der Waals surface area contributed by atoms with E-state index in [1.165, 1.54) is 4.90 Å². The average Bonchev–Trinajstić information content (AvgIpc) is 3.39. The number of hydrogen-bond donors (Lipinski definition) is 1. The van der Waals surface area contributed by atoms with Gasteiger partial charge in [0.1, 0.15) is 11.3 Å². The van der Waals surface area contributed by atoms with Crippen LogP contribution in [0.3, 0.4) is 0 Å². The molecule has 2 heterocycles. The van der Waals surface area contributed by atoms with Crippen LogP contribution in [0.5, 0.6) is 5.75 Å². The summed E-state index contributed by atoms with van der Waals surface area (Å²) < 4.78 is 11.3. The summed E-state index contributed by atoms with van der Waals surface area (Å²) in [4.78, 5) is 28.4. The number of nitrogens with zero attached hydrogens (tertiary/aromatic N) is 1. The van der Waals surface area contributed by atoms with Gasteiger partial charge < -0.3 is 14.3 Å². The molecule has 0 radical (unpaired) electrons. The number of amides is 1. The van der Waals surface area contributed by atoms with E-state index in [1.54, 1.807) is 42.5 Å². The number of aliphatic hydroxyl groups is 1. The maximum Gasteiger partial charge on any atom is 0.294 e. The number of rotatable bonds is 6. The average molecular weight is 453 g/mol. The van der Waals surface area contributed by atoms with Crippen molar-refractivity contribution < 1.29 is 23.8 Å². The van der Waals surface area contributed by atoms with E-state index in [4.69, 9.17) is 9.15 Å².